The van der Waals surface area contributed by atoms with Crippen LogP contribution in [0.5, 0.6) is 5.75 Å². The van der Waals surface area contributed by atoms with E-state index in [-0.39, 0.29) is 17.0 Å². The molecule has 0 atom stereocenters. The normalized spacial score (nSPS) is 12.4. The Hall–Kier alpha value is -3.90. The Kier molecular flexibility index (Phi) is 5.14. The van der Waals surface area contributed by atoms with Crippen LogP contribution < -0.4 is 10.3 Å². The number of aromatic amines is 1. The maximum atomic E-state index is 13.6. The molecule has 1 aromatic carbocycles. The molecule has 172 valence electrons. The topological polar surface area (TPSA) is 85.7 Å². The number of methoxy groups -OCH3 is 1. The zero-order valence-corrected chi connectivity index (χ0v) is 16.8. The Balaban J connectivity index is 2.01. The van der Waals surface area contributed by atoms with Crippen LogP contribution in [0, 0.1) is 6.92 Å². The zero-order chi connectivity index (χ0) is 24.1. The number of alkyl halides is 6. The third kappa shape index (κ3) is 4.13. The summed E-state index contributed by atoms with van der Waals surface area (Å²) in [7, 11) is 1.42. The molecule has 0 aliphatic rings. The van der Waals surface area contributed by atoms with Crippen molar-refractivity contribution >= 4 is 11.0 Å². The van der Waals surface area contributed by atoms with Crippen molar-refractivity contribution in [2.75, 3.05) is 7.11 Å². The van der Waals surface area contributed by atoms with Crippen LogP contribution >= 0.6 is 0 Å². The standard InChI is InChI=1S/C20H13F6N5O2/c1-9-16-12(19(21,22)23)7-15(32)29-17(16)31(30-9)18-27-13(8-14(28-18)20(24,25)26)10-3-5-11(33-2)6-4-10/h3-8H,1-2H3,(H,29,32). The lowest BCUT2D eigenvalue weighted by Gasteiger charge is -2.12. The number of nitrogens with zero attached hydrogens (tertiary/aromatic N) is 4. The molecule has 4 aromatic rings. The van der Waals surface area contributed by atoms with Gasteiger partial charge in [0.05, 0.1) is 29.4 Å². The molecular weight excluding hydrogens is 456 g/mol. The summed E-state index contributed by atoms with van der Waals surface area (Å²) in [6.45, 7) is 1.23. The van der Waals surface area contributed by atoms with Gasteiger partial charge in [-0.2, -0.15) is 36.1 Å². The van der Waals surface area contributed by atoms with Crippen molar-refractivity contribution in [3.8, 4) is 23.0 Å². The smallest absolute Gasteiger partial charge is 0.433 e. The minimum atomic E-state index is -4.89. The van der Waals surface area contributed by atoms with Gasteiger partial charge in [-0.3, -0.25) is 4.79 Å². The molecule has 33 heavy (non-hydrogen) atoms. The highest BCUT2D eigenvalue weighted by Crippen LogP contribution is 2.36. The quantitative estimate of drug-likeness (QED) is 0.446. The minimum absolute atomic E-state index is 0.161. The molecule has 3 heterocycles. The summed E-state index contributed by atoms with van der Waals surface area (Å²) in [5.41, 5.74) is -4.28. The third-order valence-corrected chi connectivity index (χ3v) is 4.73. The summed E-state index contributed by atoms with van der Waals surface area (Å²) in [5, 5.41) is 3.42. The van der Waals surface area contributed by atoms with E-state index >= 15 is 0 Å². The molecule has 3 aromatic heterocycles. The Morgan fingerprint density at radius 1 is 0.970 bits per heavy atom. The SMILES string of the molecule is COc1ccc(-c2cc(C(F)(F)F)nc(-n3nc(C)c4c(C(F)(F)F)cc(=O)[nH]c43)n2)cc1. The largest absolute Gasteiger partial charge is 0.497 e. The summed E-state index contributed by atoms with van der Waals surface area (Å²) in [6, 6.07) is 6.99. The number of halogens is 6. The van der Waals surface area contributed by atoms with Crippen LogP contribution in [0.15, 0.2) is 41.2 Å². The molecule has 0 saturated carbocycles. The maximum Gasteiger partial charge on any atom is 0.433 e. The van der Waals surface area contributed by atoms with E-state index in [1.54, 1.807) is 0 Å². The van der Waals surface area contributed by atoms with Gasteiger partial charge in [-0.25, -0.2) is 9.97 Å². The Morgan fingerprint density at radius 2 is 1.64 bits per heavy atom. The number of fused-ring (bicyclic) bond motifs is 1. The lowest BCUT2D eigenvalue weighted by Crippen LogP contribution is -2.16. The monoisotopic (exact) mass is 469 g/mol. The summed E-state index contributed by atoms with van der Waals surface area (Å²) < 4.78 is 86.8. The Morgan fingerprint density at radius 3 is 2.21 bits per heavy atom. The molecule has 4 rings (SSSR count). The van der Waals surface area contributed by atoms with Crippen LogP contribution in [0.4, 0.5) is 26.3 Å². The van der Waals surface area contributed by atoms with Gasteiger partial charge in [0.25, 0.3) is 5.95 Å². The average Bonchev–Trinajstić information content (AvgIpc) is 3.07. The van der Waals surface area contributed by atoms with Gasteiger partial charge in [-0.05, 0) is 37.3 Å². The summed E-state index contributed by atoms with van der Waals surface area (Å²) in [6.07, 6.45) is -9.78. The van der Waals surface area contributed by atoms with Crippen molar-refractivity contribution < 1.29 is 31.1 Å². The van der Waals surface area contributed by atoms with Gasteiger partial charge in [0.15, 0.2) is 5.69 Å². The van der Waals surface area contributed by atoms with Crippen LogP contribution in [-0.2, 0) is 12.4 Å². The lowest BCUT2D eigenvalue weighted by atomic mass is 10.1. The molecule has 0 bridgehead atoms. The summed E-state index contributed by atoms with van der Waals surface area (Å²) in [5.74, 6) is -0.209. The molecule has 1 N–H and O–H groups in total. The average molecular weight is 469 g/mol. The highest BCUT2D eigenvalue weighted by molar-refractivity contribution is 5.83. The van der Waals surface area contributed by atoms with Crippen molar-refractivity contribution in [2.45, 2.75) is 19.3 Å². The van der Waals surface area contributed by atoms with Gasteiger partial charge in [0, 0.05) is 11.6 Å². The van der Waals surface area contributed by atoms with E-state index in [4.69, 9.17) is 4.74 Å². The Bertz CT molecular complexity index is 1400. The number of hydrogen-bond acceptors (Lipinski definition) is 5. The number of pyridine rings is 1. The van der Waals surface area contributed by atoms with Gasteiger partial charge in [0.2, 0.25) is 5.56 Å². The second-order valence-electron chi connectivity index (χ2n) is 6.93. The molecular formula is C20H13F6N5O2. The van der Waals surface area contributed by atoms with Gasteiger partial charge < -0.3 is 9.72 Å². The molecule has 0 aliphatic carbocycles. The van der Waals surface area contributed by atoms with E-state index in [1.807, 2.05) is 0 Å². The first-order valence-electron chi connectivity index (χ1n) is 9.19. The fourth-order valence-electron chi connectivity index (χ4n) is 3.27. The highest BCUT2D eigenvalue weighted by Gasteiger charge is 2.37. The van der Waals surface area contributed by atoms with E-state index in [0.717, 1.165) is 0 Å². The molecule has 0 amide bonds. The third-order valence-electron chi connectivity index (χ3n) is 4.73. The van der Waals surface area contributed by atoms with Crippen molar-refractivity contribution in [3.63, 3.8) is 0 Å². The van der Waals surface area contributed by atoms with Crippen LogP contribution in [0.2, 0.25) is 0 Å². The molecule has 0 spiro atoms. The van der Waals surface area contributed by atoms with Crippen molar-refractivity contribution in [1.29, 1.82) is 0 Å². The Labute approximate surface area is 180 Å². The van der Waals surface area contributed by atoms with Crippen LogP contribution in [0.25, 0.3) is 28.2 Å². The predicted molar refractivity (Wildman–Crippen MR) is 104 cm³/mol. The van der Waals surface area contributed by atoms with Gasteiger partial charge in [-0.1, -0.05) is 0 Å². The number of nitrogens with one attached hydrogen (secondary N) is 1. The summed E-state index contributed by atoms with van der Waals surface area (Å²) >= 11 is 0. The highest BCUT2D eigenvalue weighted by atomic mass is 19.4. The van der Waals surface area contributed by atoms with E-state index in [1.165, 1.54) is 38.3 Å². The molecule has 13 heteroatoms. The lowest BCUT2D eigenvalue weighted by molar-refractivity contribution is -0.141. The maximum absolute atomic E-state index is 13.6. The fourth-order valence-corrected chi connectivity index (χ4v) is 3.27. The second-order valence-corrected chi connectivity index (χ2v) is 6.93. The predicted octanol–water partition coefficient (Wildman–Crippen LogP) is 4.53. The number of hydrogen-bond donors (Lipinski definition) is 1. The molecule has 0 radical (unpaired) electrons. The number of ether oxygens (including phenoxy) is 1. The van der Waals surface area contributed by atoms with Crippen LogP contribution in [0.3, 0.4) is 0 Å². The van der Waals surface area contributed by atoms with E-state index in [0.29, 0.717) is 22.6 Å². The zero-order valence-electron chi connectivity index (χ0n) is 16.8. The molecule has 7 nitrogen and oxygen atoms in total. The van der Waals surface area contributed by atoms with Crippen molar-refractivity contribution in [1.82, 2.24) is 24.7 Å². The number of rotatable bonds is 3. The van der Waals surface area contributed by atoms with Gasteiger partial charge in [0.1, 0.15) is 11.4 Å². The molecule has 0 unspecified atom stereocenters. The van der Waals surface area contributed by atoms with E-state index < -0.39 is 46.2 Å². The van der Waals surface area contributed by atoms with Crippen LogP contribution in [-0.4, -0.2) is 31.8 Å². The molecule has 0 saturated heterocycles. The van der Waals surface area contributed by atoms with Gasteiger partial charge >= 0.3 is 12.4 Å². The first-order chi connectivity index (χ1) is 15.4. The van der Waals surface area contributed by atoms with Crippen molar-refractivity contribution in [2.24, 2.45) is 0 Å². The minimum Gasteiger partial charge on any atom is -0.497 e. The first-order valence-corrected chi connectivity index (χ1v) is 9.19. The fraction of sp³-hybridized carbons (Fsp3) is 0.200. The molecule has 0 fully saturated rings. The number of aromatic nitrogens is 5. The first kappa shape index (κ1) is 22.3. The van der Waals surface area contributed by atoms with Crippen LogP contribution in [0.1, 0.15) is 17.0 Å². The molecule has 0 aliphatic heterocycles. The van der Waals surface area contributed by atoms with E-state index in [2.05, 4.69) is 20.1 Å². The summed E-state index contributed by atoms with van der Waals surface area (Å²) in [4.78, 5) is 21.6. The van der Waals surface area contributed by atoms with Gasteiger partial charge in [-0.15, -0.1) is 0 Å². The second kappa shape index (κ2) is 7.60. The number of H-pyrrole nitrogens is 1. The van der Waals surface area contributed by atoms with Crippen molar-refractivity contribution in [3.05, 3.63) is 63.7 Å². The number of benzene rings is 1. The van der Waals surface area contributed by atoms with E-state index in [9.17, 15) is 31.1 Å². The number of aryl methyl sites for hydroxylation is 1.